The van der Waals surface area contributed by atoms with Gasteiger partial charge in [-0.3, -0.25) is 4.90 Å². The normalized spacial score (nSPS) is 20.4. The van der Waals surface area contributed by atoms with Crippen molar-refractivity contribution in [1.82, 2.24) is 13.5 Å². The zero-order chi connectivity index (χ0) is 27.5. The fraction of sp³-hybridized carbons (Fsp3) is 0.480. The molecule has 4 rings (SSSR count). The zero-order valence-electron chi connectivity index (χ0n) is 21.0. The van der Waals surface area contributed by atoms with Gasteiger partial charge in [-0.2, -0.15) is 30.2 Å². The lowest BCUT2D eigenvalue weighted by molar-refractivity contribution is -0.140. The Labute approximate surface area is 219 Å². The molecule has 0 aromatic heterocycles. The van der Waals surface area contributed by atoms with Crippen LogP contribution < -0.4 is 5.32 Å². The van der Waals surface area contributed by atoms with Crippen LogP contribution in [0.15, 0.2) is 36.4 Å². The van der Waals surface area contributed by atoms with Crippen LogP contribution in [0.4, 0.5) is 28.9 Å². The van der Waals surface area contributed by atoms with E-state index in [1.807, 2.05) is 0 Å². The first-order valence-corrected chi connectivity index (χ1v) is 13.7. The van der Waals surface area contributed by atoms with Gasteiger partial charge in [0.25, 0.3) is 10.2 Å². The van der Waals surface area contributed by atoms with Crippen LogP contribution in [-0.4, -0.2) is 86.8 Å². The number of aryl methyl sites for hydroxylation is 1. The summed E-state index contributed by atoms with van der Waals surface area (Å²) in [4.78, 5) is 1.67. The highest BCUT2D eigenvalue weighted by molar-refractivity contribution is 7.86. The van der Waals surface area contributed by atoms with Crippen LogP contribution in [0.5, 0.6) is 0 Å². The molecule has 0 unspecified atom stereocenters. The lowest BCUT2D eigenvalue weighted by atomic mass is 9.94. The highest BCUT2D eigenvalue weighted by Crippen LogP contribution is 2.34. The molecule has 2 saturated heterocycles. The summed E-state index contributed by atoms with van der Waals surface area (Å²) in [5, 5.41) is 11.1. The highest BCUT2D eigenvalue weighted by Gasteiger charge is 2.39. The van der Waals surface area contributed by atoms with E-state index in [0.717, 1.165) is 11.8 Å². The topological polar surface area (TPSA) is 89.0 Å². The Morgan fingerprint density at radius 2 is 1.76 bits per heavy atom. The Balaban J connectivity index is 1.65. The lowest BCUT2D eigenvalue weighted by Gasteiger charge is -2.43. The third-order valence-electron chi connectivity index (χ3n) is 6.84. The molecule has 0 amide bonds. The summed E-state index contributed by atoms with van der Waals surface area (Å²) in [6.07, 6.45) is -4.24. The van der Waals surface area contributed by atoms with Gasteiger partial charge in [0.05, 0.1) is 19.6 Å². The predicted octanol–water partition coefficient (Wildman–Crippen LogP) is 4.06. The molecule has 0 spiro atoms. The molecule has 0 aliphatic carbocycles. The number of piperazine rings is 1. The summed E-state index contributed by atoms with van der Waals surface area (Å²) in [7, 11) is -3.82. The van der Waals surface area contributed by atoms with Crippen LogP contribution in [0.3, 0.4) is 0 Å². The minimum Gasteiger partial charge on any atom is -0.379 e. The molecule has 38 heavy (non-hydrogen) atoms. The van der Waals surface area contributed by atoms with Crippen LogP contribution in [0, 0.1) is 18.2 Å². The molecule has 2 N–H and O–H groups in total. The first-order valence-electron chi connectivity index (χ1n) is 12.3. The SMILES string of the molecule is Cc1cc(Nc2ccc(F)cc2)c(C=N)cc1[C@H]1CN(S(=O)(=O)N2CCOCC2)CCN1CCC(F)(F)F. The average molecular weight is 558 g/mol. The maximum absolute atomic E-state index is 13.4. The van der Waals surface area contributed by atoms with Crippen LogP contribution in [-0.2, 0) is 14.9 Å². The van der Waals surface area contributed by atoms with Crippen LogP contribution in [0.1, 0.15) is 29.2 Å². The third kappa shape index (κ3) is 6.70. The molecule has 2 aromatic rings. The minimum atomic E-state index is -4.35. The van der Waals surface area contributed by atoms with Gasteiger partial charge < -0.3 is 15.5 Å². The smallest absolute Gasteiger partial charge is 0.379 e. The van der Waals surface area contributed by atoms with Crippen molar-refractivity contribution in [2.45, 2.75) is 25.6 Å². The second-order valence-electron chi connectivity index (χ2n) is 9.37. The molecular formula is C25H31F4N5O3S. The first kappa shape index (κ1) is 28.4. The Hall–Kier alpha value is -2.58. The van der Waals surface area contributed by atoms with E-state index in [9.17, 15) is 26.0 Å². The molecule has 2 aliphatic heterocycles. The summed E-state index contributed by atoms with van der Waals surface area (Å²) in [5.41, 5.74) is 3.03. The molecule has 208 valence electrons. The van der Waals surface area contributed by atoms with E-state index in [1.165, 1.54) is 20.7 Å². The summed E-state index contributed by atoms with van der Waals surface area (Å²) in [6.45, 7) is 2.76. The summed E-state index contributed by atoms with van der Waals surface area (Å²) in [5.74, 6) is -0.387. The Morgan fingerprint density at radius 1 is 1.08 bits per heavy atom. The summed E-state index contributed by atoms with van der Waals surface area (Å²) >= 11 is 0. The van der Waals surface area contributed by atoms with Crippen LogP contribution >= 0.6 is 0 Å². The molecule has 0 bridgehead atoms. The minimum absolute atomic E-state index is 0.0133. The van der Waals surface area contributed by atoms with Crippen molar-refractivity contribution < 1.29 is 30.7 Å². The number of ether oxygens (including phenoxy) is 1. The number of alkyl halides is 3. The number of anilines is 2. The van der Waals surface area contributed by atoms with Crippen molar-refractivity contribution in [2.75, 3.05) is 57.8 Å². The van der Waals surface area contributed by atoms with Crippen molar-refractivity contribution in [3.63, 3.8) is 0 Å². The highest BCUT2D eigenvalue weighted by atomic mass is 32.2. The maximum atomic E-state index is 13.4. The van der Waals surface area contributed by atoms with Crippen molar-refractivity contribution in [3.05, 3.63) is 58.9 Å². The fourth-order valence-electron chi connectivity index (χ4n) is 4.80. The lowest BCUT2D eigenvalue weighted by Crippen LogP contribution is -2.56. The number of nitrogens with zero attached hydrogens (tertiary/aromatic N) is 3. The Kier molecular flexibility index (Phi) is 8.72. The van der Waals surface area contributed by atoms with Gasteiger partial charge in [-0.05, 0) is 54.4 Å². The van der Waals surface area contributed by atoms with Crippen molar-refractivity contribution in [1.29, 1.82) is 5.41 Å². The molecule has 1 atom stereocenters. The molecule has 2 heterocycles. The van der Waals surface area contributed by atoms with Crippen LogP contribution in [0.25, 0.3) is 0 Å². The molecular weight excluding hydrogens is 526 g/mol. The van der Waals surface area contributed by atoms with E-state index < -0.39 is 28.8 Å². The van der Waals surface area contributed by atoms with Crippen molar-refractivity contribution >= 4 is 27.8 Å². The molecule has 13 heteroatoms. The van der Waals surface area contributed by atoms with Gasteiger partial charge in [-0.15, -0.1) is 0 Å². The van der Waals surface area contributed by atoms with Gasteiger partial charge in [0.15, 0.2) is 0 Å². The average Bonchev–Trinajstić information content (AvgIpc) is 2.89. The van der Waals surface area contributed by atoms with E-state index in [2.05, 4.69) is 5.32 Å². The number of benzene rings is 2. The Morgan fingerprint density at radius 3 is 2.39 bits per heavy atom. The molecule has 2 aromatic carbocycles. The summed E-state index contributed by atoms with van der Waals surface area (Å²) in [6, 6.07) is 8.57. The van der Waals surface area contributed by atoms with E-state index in [-0.39, 0.29) is 45.1 Å². The van der Waals surface area contributed by atoms with Gasteiger partial charge in [-0.1, -0.05) is 0 Å². The van der Waals surface area contributed by atoms with Crippen molar-refractivity contribution in [2.24, 2.45) is 0 Å². The number of morpholine rings is 1. The molecule has 2 fully saturated rings. The summed E-state index contributed by atoms with van der Waals surface area (Å²) < 4.78 is 87.3. The first-order chi connectivity index (χ1) is 18.0. The van der Waals surface area contributed by atoms with E-state index >= 15 is 0 Å². The predicted molar refractivity (Wildman–Crippen MR) is 137 cm³/mol. The number of hydrogen-bond acceptors (Lipinski definition) is 6. The fourth-order valence-corrected chi connectivity index (χ4v) is 6.38. The van der Waals surface area contributed by atoms with Crippen molar-refractivity contribution in [3.8, 4) is 0 Å². The number of hydrogen-bond donors (Lipinski definition) is 2. The van der Waals surface area contributed by atoms with Gasteiger partial charge in [0.2, 0.25) is 0 Å². The molecule has 0 radical (unpaired) electrons. The number of rotatable bonds is 8. The quantitative estimate of drug-likeness (QED) is 0.378. The molecule has 2 aliphatic rings. The van der Waals surface area contributed by atoms with E-state index in [1.54, 1.807) is 36.1 Å². The maximum Gasteiger partial charge on any atom is 0.390 e. The standard InChI is InChI=1S/C25H31F4N5O3S/c1-18-14-23(31-21-4-2-20(26)3-5-21)19(16-30)15-22(18)24-17-34(9-8-32(24)7-6-25(27,28)29)38(35,36)33-10-12-37-13-11-33/h2-5,14-16,24,30-31H,6-13,17H2,1H3/t24-/m1/s1. The number of nitrogens with one attached hydrogen (secondary N) is 2. The van der Waals surface area contributed by atoms with Gasteiger partial charge in [0.1, 0.15) is 5.82 Å². The zero-order valence-corrected chi connectivity index (χ0v) is 21.8. The largest absolute Gasteiger partial charge is 0.390 e. The molecule has 8 nitrogen and oxygen atoms in total. The van der Waals surface area contributed by atoms with E-state index in [4.69, 9.17) is 10.1 Å². The second-order valence-corrected chi connectivity index (χ2v) is 11.3. The van der Waals surface area contributed by atoms with E-state index in [0.29, 0.717) is 35.7 Å². The second kappa shape index (κ2) is 11.7. The van der Waals surface area contributed by atoms with Gasteiger partial charge in [-0.25, -0.2) is 4.39 Å². The Bertz CT molecular complexity index is 1230. The van der Waals surface area contributed by atoms with Crippen LogP contribution in [0.2, 0.25) is 0 Å². The number of halogens is 4. The third-order valence-corrected chi connectivity index (χ3v) is 8.84. The monoisotopic (exact) mass is 557 g/mol. The van der Waals surface area contributed by atoms with Gasteiger partial charge in [0, 0.05) is 68.5 Å². The molecule has 0 saturated carbocycles. The van der Waals surface area contributed by atoms with Gasteiger partial charge >= 0.3 is 6.18 Å².